The molecule has 7 rings (SSSR count). The fourth-order valence-corrected chi connectivity index (χ4v) is 5.86. The molecule has 0 atom stereocenters. The summed E-state index contributed by atoms with van der Waals surface area (Å²) in [5.74, 6) is -0.659. The number of nitrogen functional groups attached to an aromatic ring is 1. The molecule has 3 aromatic carbocycles. The predicted octanol–water partition coefficient (Wildman–Crippen LogP) is 6.04. The molecule has 222 valence electrons. The minimum Gasteiger partial charge on any atom is -0.504 e. The normalized spacial score (nSPS) is 13.4. The summed E-state index contributed by atoms with van der Waals surface area (Å²) >= 11 is 0. The van der Waals surface area contributed by atoms with Crippen molar-refractivity contribution in [2.45, 2.75) is 24.9 Å². The maximum Gasteiger partial charge on any atom is 0.210 e. The Bertz CT molecular complexity index is 2070. The van der Waals surface area contributed by atoms with Crippen LogP contribution in [0.15, 0.2) is 97.2 Å². The highest BCUT2D eigenvalue weighted by atomic mass is 19.1. The summed E-state index contributed by atoms with van der Waals surface area (Å²) in [5.41, 5.74) is 10.8. The standard InChI is InChI=1S/C35H27FN6O3/c36-30-27(13-10-24(20-43)31(30)45)35(16-17-35)41(21-44)19-22-8-11-25(12-9-22)42-33(26-7-4-18-38-32(26)37)40-29-15-14-28(39-34(29)42)23-5-2-1-3-6-23/h1-15,18,20-21,45H,16-17,19H2,(H2,37,38). The van der Waals surface area contributed by atoms with E-state index in [1.54, 1.807) is 17.2 Å². The number of phenols is 1. The maximum atomic E-state index is 15.1. The van der Waals surface area contributed by atoms with Gasteiger partial charge in [0.1, 0.15) is 11.3 Å². The summed E-state index contributed by atoms with van der Waals surface area (Å²) in [6, 6.07) is 27.9. The van der Waals surface area contributed by atoms with Crippen LogP contribution in [0.3, 0.4) is 0 Å². The lowest BCUT2D eigenvalue weighted by Gasteiger charge is -2.29. The molecule has 0 aliphatic heterocycles. The van der Waals surface area contributed by atoms with Crippen molar-refractivity contribution in [2.24, 2.45) is 0 Å². The Balaban J connectivity index is 1.27. The van der Waals surface area contributed by atoms with Crippen molar-refractivity contribution >= 4 is 29.7 Å². The van der Waals surface area contributed by atoms with Crippen molar-refractivity contribution in [2.75, 3.05) is 5.73 Å². The van der Waals surface area contributed by atoms with Gasteiger partial charge in [0.25, 0.3) is 0 Å². The van der Waals surface area contributed by atoms with Gasteiger partial charge in [-0.2, -0.15) is 0 Å². The molecule has 1 saturated carbocycles. The fraction of sp³-hybridized carbons (Fsp3) is 0.114. The van der Waals surface area contributed by atoms with E-state index in [0.29, 0.717) is 53.9 Å². The molecule has 0 spiro atoms. The number of nitrogens with two attached hydrogens (primary N) is 1. The zero-order valence-corrected chi connectivity index (χ0v) is 24.0. The molecule has 9 nitrogen and oxygen atoms in total. The molecule has 1 fully saturated rings. The van der Waals surface area contributed by atoms with Crippen LogP contribution < -0.4 is 5.73 Å². The number of aromatic hydroxyl groups is 1. The molecular weight excluding hydrogens is 571 g/mol. The van der Waals surface area contributed by atoms with Gasteiger partial charge in [0.2, 0.25) is 6.41 Å². The predicted molar refractivity (Wildman–Crippen MR) is 168 cm³/mol. The molecule has 0 radical (unpaired) electrons. The third kappa shape index (κ3) is 4.76. The summed E-state index contributed by atoms with van der Waals surface area (Å²) in [5, 5.41) is 10.2. The molecule has 0 bridgehead atoms. The first-order chi connectivity index (χ1) is 21.9. The molecule has 45 heavy (non-hydrogen) atoms. The largest absolute Gasteiger partial charge is 0.504 e. The lowest BCUT2D eigenvalue weighted by atomic mass is 9.99. The molecule has 1 aliphatic carbocycles. The highest BCUT2D eigenvalue weighted by molar-refractivity contribution is 5.84. The Labute approximate surface area is 257 Å². The number of phenolic OH excluding ortho intramolecular Hbond substituents is 1. The van der Waals surface area contributed by atoms with E-state index in [1.807, 2.05) is 77.4 Å². The van der Waals surface area contributed by atoms with Gasteiger partial charge in [-0.25, -0.2) is 19.3 Å². The van der Waals surface area contributed by atoms with Crippen molar-refractivity contribution in [3.8, 4) is 34.1 Å². The summed E-state index contributed by atoms with van der Waals surface area (Å²) in [6.45, 7) is 0.211. The van der Waals surface area contributed by atoms with Crippen LogP contribution in [0, 0.1) is 5.82 Å². The number of amides is 1. The smallest absolute Gasteiger partial charge is 0.210 e. The van der Waals surface area contributed by atoms with Crippen LogP contribution in [0.25, 0.3) is 39.5 Å². The second-order valence-electron chi connectivity index (χ2n) is 11.0. The Kier molecular flexibility index (Phi) is 6.81. The van der Waals surface area contributed by atoms with E-state index in [2.05, 4.69) is 4.98 Å². The minimum atomic E-state index is -0.896. The number of aromatic nitrogens is 4. The Morgan fingerprint density at radius 1 is 0.933 bits per heavy atom. The number of fused-ring (bicyclic) bond motifs is 1. The first-order valence-corrected chi connectivity index (χ1v) is 14.4. The SMILES string of the molecule is Nc1ncccc1-c1nc2ccc(-c3ccccc3)nc2n1-c1ccc(CN(C=O)C2(c3ccc(C=O)c(O)c3F)CC2)cc1. The van der Waals surface area contributed by atoms with E-state index in [1.165, 1.54) is 12.1 Å². The van der Waals surface area contributed by atoms with Gasteiger partial charge < -0.3 is 15.7 Å². The van der Waals surface area contributed by atoms with Gasteiger partial charge >= 0.3 is 0 Å². The zero-order valence-electron chi connectivity index (χ0n) is 24.0. The van der Waals surface area contributed by atoms with Crippen molar-refractivity contribution in [1.29, 1.82) is 0 Å². The number of carbonyl (C=O) groups excluding carboxylic acids is 2. The first kappa shape index (κ1) is 27.9. The van der Waals surface area contributed by atoms with E-state index in [9.17, 15) is 14.7 Å². The number of imidazole rings is 1. The zero-order chi connectivity index (χ0) is 31.1. The van der Waals surface area contributed by atoms with Crippen molar-refractivity contribution < 1.29 is 19.1 Å². The first-order valence-electron chi connectivity index (χ1n) is 14.4. The van der Waals surface area contributed by atoms with Crippen molar-refractivity contribution in [3.63, 3.8) is 0 Å². The van der Waals surface area contributed by atoms with Crippen LogP contribution in [0.1, 0.15) is 34.3 Å². The number of anilines is 1. The minimum absolute atomic E-state index is 0.134. The molecule has 0 saturated heterocycles. The van der Waals surface area contributed by atoms with Crippen LogP contribution in [-0.4, -0.2) is 42.2 Å². The molecule has 6 aromatic rings. The number of hydrogen-bond donors (Lipinski definition) is 2. The maximum absolute atomic E-state index is 15.1. The number of pyridine rings is 2. The van der Waals surface area contributed by atoms with Crippen molar-refractivity contribution in [3.05, 3.63) is 120 Å². The van der Waals surface area contributed by atoms with Crippen LogP contribution in [0.4, 0.5) is 10.2 Å². The van der Waals surface area contributed by atoms with Gasteiger partial charge in [0, 0.05) is 29.6 Å². The van der Waals surface area contributed by atoms with Gasteiger partial charge in [0.15, 0.2) is 29.3 Å². The Hall–Kier alpha value is -5.90. The Morgan fingerprint density at radius 2 is 1.71 bits per heavy atom. The van der Waals surface area contributed by atoms with E-state index in [-0.39, 0.29) is 17.7 Å². The quantitative estimate of drug-likeness (QED) is 0.194. The van der Waals surface area contributed by atoms with E-state index in [4.69, 9.17) is 15.7 Å². The Morgan fingerprint density at radius 3 is 2.40 bits per heavy atom. The lowest BCUT2D eigenvalue weighted by molar-refractivity contribution is -0.122. The molecular formula is C35H27FN6O3. The van der Waals surface area contributed by atoms with Gasteiger partial charge in [-0.3, -0.25) is 14.2 Å². The topological polar surface area (TPSA) is 127 Å². The fourth-order valence-electron chi connectivity index (χ4n) is 5.86. The summed E-state index contributed by atoms with van der Waals surface area (Å²) in [4.78, 5) is 39.2. The van der Waals surface area contributed by atoms with Gasteiger partial charge in [0.05, 0.1) is 22.4 Å². The van der Waals surface area contributed by atoms with Crippen LogP contribution in [0.2, 0.25) is 0 Å². The number of carbonyl (C=O) groups is 2. The van der Waals surface area contributed by atoms with E-state index in [0.717, 1.165) is 22.5 Å². The average Bonchev–Trinajstić information content (AvgIpc) is 3.79. The van der Waals surface area contributed by atoms with Crippen LogP contribution in [0.5, 0.6) is 5.75 Å². The number of hydrogen-bond acceptors (Lipinski definition) is 7. The van der Waals surface area contributed by atoms with E-state index < -0.39 is 17.1 Å². The van der Waals surface area contributed by atoms with Gasteiger partial charge in [-0.15, -0.1) is 0 Å². The summed E-state index contributed by atoms with van der Waals surface area (Å²) in [6.07, 6.45) is 3.80. The lowest BCUT2D eigenvalue weighted by Crippen LogP contribution is -2.34. The monoisotopic (exact) mass is 598 g/mol. The van der Waals surface area contributed by atoms with E-state index >= 15 is 4.39 Å². The van der Waals surface area contributed by atoms with Gasteiger partial charge in [-0.1, -0.05) is 48.5 Å². The van der Waals surface area contributed by atoms with Crippen molar-refractivity contribution in [1.82, 2.24) is 24.4 Å². The van der Waals surface area contributed by atoms with Gasteiger partial charge in [-0.05, 0) is 60.9 Å². The molecule has 1 amide bonds. The molecule has 1 aliphatic rings. The second-order valence-corrected chi connectivity index (χ2v) is 11.0. The average molecular weight is 599 g/mol. The summed E-state index contributed by atoms with van der Waals surface area (Å²) < 4.78 is 17.1. The number of halogens is 1. The summed E-state index contributed by atoms with van der Waals surface area (Å²) in [7, 11) is 0. The third-order valence-electron chi connectivity index (χ3n) is 8.38. The highest BCUT2D eigenvalue weighted by Crippen LogP contribution is 2.53. The molecule has 3 aromatic heterocycles. The number of benzene rings is 3. The third-order valence-corrected chi connectivity index (χ3v) is 8.38. The molecule has 0 unspecified atom stereocenters. The van der Waals surface area contributed by atoms with Crippen LogP contribution >= 0.6 is 0 Å². The number of aldehydes is 1. The molecule has 3 heterocycles. The highest BCUT2D eigenvalue weighted by Gasteiger charge is 2.51. The molecule has 3 N–H and O–H groups in total. The second kappa shape index (κ2) is 11.0. The number of nitrogens with zero attached hydrogens (tertiary/aromatic N) is 5. The molecule has 10 heteroatoms. The number of rotatable bonds is 9. The van der Waals surface area contributed by atoms with Crippen LogP contribution in [-0.2, 0) is 16.9 Å².